The Hall–Kier alpha value is -1.78. The Morgan fingerprint density at radius 1 is 0.620 bits per heavy atom. The highest BCUT2D eigenvalue weighted by Crippen LogP contribution is 2.50. The number of carbonyl (C=O) groups excluding carboxylic acids is 1. The maximum atomic E-state index is 14.1. The van der Waals surface area contributed by atoms with Gasteiger partial charge >= 0.3 is 54.6 Å². The molecule has 0 rings (SSSR count). The maximum absolute atomic E-state index is 14.1. The number of ether oxygens (including phenoxy) is 6. The predicted octanol–water partition coefficient (Wildman–Crippen LogP) is 8.26. The van der Waals surface area contributed by atoms with Crippen molar-refractivity contribution in [2.24, 2.45) is 0 Å². The summed E-state index contributed by atoms with van der Waals surface area (Å²) in [5, 5.41) is 0. The van der Waals surface area contributed by atoms with Gasteiger partial charge in [-0.3, -0.25) is 14.3 Å². The van der Waals surface area contributed by atoms with Gasteiger partial charge in [-0.2, -0.15) is 90.8 Å². The molecular formula is C22H24F20O7S. The monoisotopic (exact) mass is 812 g/mol. The highest BCUT2D eigenvalue weighted by atomic mass is 32.2. The van der Waals surface area contributed by atoms with Crippen molar-refractivity contribution in [1.82, 2.24) is 0 Å². The summed E-state index contributed by atoms with van der Waals surface area (Å²) in [5.74, 6) is -14.9. The second kappa shape index (κ2) is 18.3. The minimum atomic E-state index is -7.33. The van der Waals surface area contributed by atoms with Crippen molar-refractivity contribution >= 4 is 17.7 Å². The molecule has 0 bridgehead atoms. The van der Waals surface area contributed by atoms with Gasteiger partial charge in [0.05, 0.1) is 13.2 Å². The van der Waals surface area contributed by atoms with Crippen molar-refractivity contribution in [2.75, 3.05) is 37.9 Å². The van der Waals surface area contributed by atoms with Gasteiger partial charge in [0.2, 0.25) is 0 Å². The maximum Gasteiger partial charge on any atom is 0.462 e. The van der Waals surface area contributed by atoms with Crippen LogP contribution in [0.2, 0.25) is 0 Å². The van der Waals surface area contributed by atoms with Gasteiger partial charge in [0.1, 0.15) is 12.7 Å². The van der Waals surface area contributed by atoms with E-state index in [0.29, 0.717) is 6.42 Å². The molecule has 0 saturated carbocycles. The van der Waals surface area contributed by atoms with Crippen molar-refractivity contribution in [1.29, 1.82) is 0 Å². The van der Waals surface area contributed by atoms with Crippen LogP contribution >= 0.6 is 11.8 Å². The number of halogens is 20. The number of esters is 1. The number of rotatable bonds is 24. The first kappa shape index (κ1) is 48.2. The van der Waals surface area contributed by atoms with Crippen LogP contribution in [0.5, 0.6) is 0 Å². The molecule has 300 valence electrons. The van der Waals surface area contributed by atoms with E-state index in [4.69, 9.17) is 4.74 Å². The van der Waals surface area contributed by atoms with Gasteiger partial charge in [-0.1, -0.05) is 6.92 Å². The van der Waals surface area contributed by atoms with Crippen LogP contribution in [0.3, 0.4) is 0 Å². The Balaban J connectivity index is 5.69. The summed E-state index contributed by atoms with van der Waals surface area (Å²) in [7, 11) is 0. The molecule has 50 heavy (non-hydrogen) atoms. The summed E-state index contributed by atoms with van der Waals surface area (Å²) in [4.78, 5) is 11.2. The molecule has 3 unspecified atom stereocenters. The van der Waals surface area contributed by atoms with Gasteiger partial charge in [0.15, 0.2) is 0 Å². The third kappa shape index (κ3) is 14.0. The third-order valence-electron chi connectivity index (χ3n) is 5.09. The number of carbonyl (C=O) groups is 1. The lowest BCUT2D eigenvalue weighted by molar-refractivity contribution is -0.472. The van der Waals surface area contributed by atoms with Crippen LogP contribution in [0.15, 0.2) is 0 Å². The molecule has 0 aromatic carbocycles. The van der Waals surface area contributed by atoms with E-state index in [1.807, 2.05) is 0 Å². The molecule has 0 fully saturated rings. The van der Waals surface area contributed by atoms with Crippen LogP contribution in [0.4, 0.5) is 87.8 Å². The molecule has 0 aliphatic carbocycles. The molecule has 7 nitrogen and oxygen atoms in total. The van der Waals surface area contributed by atoms with Crippen molar-refractivity contribution in [2.45, 2.75) is 93.6 Å². The summed E-state index contributed by atoms with van der Waals surface area (Å²) in [6.07, 6.45) is -54.1. The van der Waals surface area contributed by atoms with Crippen LogP contribution < -0.4 is 0 Å². The third-order valence-corrected chi connectivity index (χ3v) is 6.12. The molecule has 3 atom stereocenters. The van der Waals surface area contributed by atoms with E-state index in [-0.39, 0.29) is 31.0 Å². The molecule has 0 aromatic heterocycles. The summed E-state index contributed by atoms with van der Waals surface area (Å²) < 4.78 is 281. The summed E-state index contributed by atoms with van der Waals surface area (Å²) in [5.41, 5.74) is 0. The highest BCUT2D eigenvalue weighted by Gasteiger charge is 2.77. The van der Waals surface area contributed by atoms with Gasteiger partial charge in [0, 0.05) is 18.8 Å². The Bertz CT molecular complexity index is 1030. The summed E-state index contributed by atoms with van der Waals surface area (Å²) in [6.45, 7) is -3.09. The zero-order chi connectivity index (χ0) is 39.6. The second-order valence-electron chi connectivity index (χ2n) is 9.23. The minimum absolute atomic E-state index is 0.0691. The lowest BCUT2D eigenvalue weighted by Gasteiger charge is -2.32. The van der Waals surface area contributed by atoms with E-state index >= 15 is 0 Å². The van der Waals surface area contributed by atoms with E-state index in [0.717, 1.165) is 11.8 Å². The molecule has 0 radical (unpaired) electrons. The van der Waals surface area contributed by atoms with Crippen molar-refractivity contribution < 1.29 is 121 Å². The molecular weight excluding hydrogens is 788 g/mol. The Morgan fingerprint density at radius 2 is 1.08 bits per heavy atom. The molecule has 0 aliphatic rings. The smallest absolute Gasteiger partial charge is 0.462 e. The molecule has 0 aromatic rings. The van der Waals surface area contributed by atoms with Gasteiger partial charge in [0.25, 0.3) is 12.7 Å². The Morgan fingerprint density at radius 3 is 1.52 bits per heavy atom. The fourth-order valence-corrected chi connectivity index (χ4v) is 3.33. The van der Waals surface area contributed by atoms with Crippen LogP contribution in [-0.2, 0) is 33.2 Å². The number of hydrogen-bond acceptors (Lipinski definition) is 8. The first-order valence-electron chi connectivity index (χ1n) is 13.0. The van der Waals surface area contributed by atoms with Gasteiger partial charge in [-0.25, -0.2) is 8.78 Å². The number of hydrogen-bond donors (Lipinski definition) is 0. The average Bonchev–Trinajstić information content (AvgIpc) is 2.93. The zero-order valence-corrected chi connectivity index (χ0v) is 25.2. The standard InChI is InChI=1S/C22H24F20O7S/c1-2-4-12(43)45-6-8-50-7-3-5-44-9-11(47-16(27,28)14(24)49-22(41,42)18(31,32)20(36,37)38)10-46-15(25,26)13(23)48-21(39,40)17(29,30)19(33,34)35/h11,13-14H,2-10H2,1H3. The zero-order valence-electron chi connectivity index (χ0n) is 24.4. The Labute approximate surface area is 271 Å². The minimum Gasteiger partial charge on any atom is -0.465 e. The van der Waals surface area contributed by atoms with E-state index in [1.165, 1.54) is 0 Å². The van der Waals surface area contributed by atoms with Crippen LogP contribution in [0.1, 0.15) is 26.2 Å². The molecule has 0 N–H and O–H groups in total. The molecule has 0 aliphatic heterocycles. The van der Waals surface area contributed by atoms with E-state index in [1.54, 1.807) is 6.92 Å². The largest absolute Gasteiger partial charge is 0.465 e. The summed E-state index contributed by atoms with van der Waals surface area (Å²) >= 11 is 1.07. The van der Waals surface area contributed by atoms with Crippen LogP contribution in [0, 0.1) is 0 Å². The van der Waals surface area contributed by atoms with E-state index < -0.39 is 93.2 Å². The molecule has 0 heterocycles. The number of alkyl halides is 20. The first-order chi connectivity index (χ1) is 22.3. The molecule has 0 saturated heterocycles. The quantitative estimate of drug-likeness (QED) is 0.0549. The molecule has 28 heteroatoms. The first-order valence-corrected chi connectivity index (χ1v) is 14.1. The van der Waals surface area contributed by atoms with E-state index in [9.17, 15) is 92.6 Å². The van der Waals surface area contributed by atoms with Gasteiger partial charge in [-0.05, 0) is 18.6 Å². The normalized spacial score (nSPS) is 16.3. The predicted molar refractivity (Wildman–Crippen MR) is 123 cm³/mol. The van der Waals surface area contributed by atoms with Gasteiger partial charge < -0.3 is 18.9 Å². The second-order valence-corrected chi connectivity index (χ2v) is 10.5. The van der Waals surface area contributed by atoms with Crippen molar-refractivity contribution in [3.63, 3.8) is 0 Å². The van der Waals surface area contributed by atoms with E-state index in [2.05, 4.69) is 23.7 Å². The lowest BCUT2D eigenvalue weighted by atomic mass is 10.3. The lowest BCUT2D eigenvalue weighted by Crippen LogP contribution is -2.56. The molecule has 0 amide bonds. The van der Waals surface area contributed by atoms with Crippen LogP contribution in [0.25, 0.3) is 0 Å². The summed E-state index contributed by atoms with van der Waals surface area (Å²) in [6, 6.07) is 0. The SMILES string of the molecule is CCCC(=O)OCCSCCCOCC(COC(F)(F)C(F)OC(F)(F)C(F)(F)C(F)(F)F)OC(F)(F)C(F)OC(F)(F)C(F)(F)C(F)(F)F. The molecule has 0 spiro atoms. The average molecular weight is 812 g/mol. The van der Waals surface area contributed by atoms with Crippen LogP contribution in [-0.4, -0.2) is 111 Å². The fraction of sp³-hybridized carbons (Fsp3) is 0.955. The van der Waals surface area contributed by atoms with Crippen molar-refractivity contribution in [3.8, 4) is 0 Å². The number of thioether (sulfide) groups is 1. The topological polar surface area (TPSA) is 72.5 Å². The fourth-order valence-electron chi connectivity index (χ4n) is 2.61. The Kier molecular flexibility index (Phi) is 17.7. The van der Waals surface area contributed by atoms with Gasteiger partial charge in [-0.15, -0.1) is 0 Å². The highest BCUT2D eigenvalue weighted by molar-refractivity contribution is 7.99. The van der Waals surface area contributed by atoms with Crippen molar-refractivity contribution in [3.05, 3.63) is 0 Å².